The predicted octanol–water partition coefficient (Wildman–Crippen LogP) is 3.73. The summed E-state index contributed by atoms with van der Waals surface area (Å²) >= 11 is 0. The highest BCUT2D eigenvalue weighted by atomic mass is 19.3. The summed E-state index contributed by atoms with van der Waals surface area (Å²) in [7, 11) is 0. The third-order valence-electron chi connectivity index (χ3n) is 3.67. The van der Waals surface area contributed by atoms with Crippen LogP contribution in [0.2, 0.25) is 0 Å². The van der Waals surface area contributed by atoms with Crippen molar-refractivity contribution in [3.63, 3.8) is 0 Å². The molecule has 0 aliphatic heterocycles. The molecule has 0 saturated carbocycles. The Labute approximate surface area is 149 Å². The Morgan fingerprint density at radius 1 is 1.11 bits per heavy atom. The predicted molar refractivity (Wildman–Crippen MR) is 86.3 cm³/mol. The van der Waals surface area contributed by atoms with E-state index in [1.165, 1.54) is 12.5 Å². The summed E-state index contributed by atoms with van der Waals surface area (Å²) < 4.78 is 49.7. The molecule has 0 aliphatic rings. The SMILES string of the molecule is Fc1cc(-c2nnc(C(F)F)o2)cnc1COc1cccc2ncncc12. The maximum absolute atomic E-state index is 14.3. The number of hydrogen-bond acceptors (Lipinski definition) is 7. The van der Waals surface area contributed by atoms with Gasteiger partial charge >= 0.3 is 6.43 Å². The second kappa shape index (κ2) is 6.98. The molecule has 1 aromatic carbocycles. The quantitative estimate of drug-likeness (QED) is 0.527. The van der Waals surface area contributed by atoms with Crippen molar-refractivity contribution in [2.24, 2.45) is 0 Å². The topological polar surface area (TPSA) is 86.8 Å². The molecule has 0 saturated heterocycles. The second-order valence-electron chi connectivity index (χ2n) is 5.40. The van der Waals surface area contributed by atoms with E-state index in [9.17, 15) is 13.2 Å². The number of halogens is 3. The van der Waals surface area contributed by atoms with Gasteiger partial charge < -0.3 is 9.15 Å². The lowest BCUT2D eigenvalue weighted by Crippen LogP contribution is -2.02. The van der Waals surface area contributed by atoms with Gasteiger partial charge in [0.05, 0.1) is 16.5 Å². The van der Waals surface area contributed by atoms with Crippen LogP contribution in [0.4, 0.5) is 13.2 Å². The first-order chi connectivity index (χ1) is 13.1. The fourth-order valence-electron chi connectivity index (χ4n) is 2.38. The van der Waals surface area contributed by atoms with Crippen molar-refractivity contribution in [3.8, 4) is 17.2 Å². The Morgan fingerprint density at radius 3 is 2.78 bits per heavy atom. The molecule has 0 atom stereocenters. The van der Waals surface area contributed by atoms with Gasteiger partial charge in [0, 0.05) is 12.4 Å². The van der Waals surface area contributed by atoms with Gasteiger partial charge in [0.2, 0.25) is 5.89 Å². The van der Waals surface area contributed by atoms with Gasteiger partial charge in [-0.2, -0.15) is 8.78 Å². The molecule has 27 heavy (non-hydrogen) atoms. The van der Waals surface area contributed by atoms with Crippen molar-refractivity contribution >= 4 is 10.9 Å². The number of pyridine rings is 1. The van der Waals surface area contributed by atoms with Crippen molar-refractivity contribution < 1.29 is 22.3 Å². The van der Waals surface area contributed by atoms with Crippen LogP contribution in [0.25, 0.3) is 22.4 Å². The van der Waals surface area contributed by atoms with Crippen LogP contribution in [-0.2, 0) is 6.61 Å². The zero-order chi connectivity index (χ0) is 18.8. The van der Waals surface area contributed by atoms with Gasteiger partial charge in [-0.15, -0.1) is 10.2 Å². The smallest absolute Gasteiger partial charge is 0.314 e. The average Bonchev–Trinajstić information content (AvgIpc) is 3.17. The normalized spacial score (nSPS) is 11.3. The largest absolute Gasteiger partial charge is 0.486 e. The van der Waals surface area contributed by atoms with Gasteiger partial charge in [0.1, 0.15) is 30.2 Å². The number of fused-ring (bicyclic) bond motifs is 1. The van der Waals surface area contributed by atoms with Crippen LogP contribution in [0.3, 0.4) is 0 Å². The highest BCUT2D eigenvalue weighted by Crippen LogP contribution is 2.26. The van der Waals surface area contributed by atoms with E-state index >= 15 is 0 Å². The molecule has 3 aromatic heterocycles. The first kappa shape index (κ1) is 16.9. The fraction of sp³-hybridized carbons (Fsp3) is 0.118. The van der Waals surface area contributed by atoms with E-state index < -0.39 is 18.1 Å². The number of benzene rings is 1. The molecule has 0 aliphatic carbocycles. The summed E-state index contributed by atoms with van der Waals surface area (Å²) in [6.45, 7) is -0.147. The van der Waals surface area contributed by atoms with E-state index in [0.717, 1.165) is 6.07 Å². The number of aromatic nitrogens is 5. The molecule has 3 heterocycles. The van der Waals surface area contributed by atoms with Crippen molar-refractivity contribution in [1.29, 1.82) is 0 Å². The average molecular weight is 373 g/mol. The fourth-order valence-corrected chi connectivity index (χ4v) is 2.38. The summed E-state index contributed by atoms with van der Waals surface area (Å²) in [5.74, 6) is -1.29. The molecular formula is C17H10F3N5O2. The van der Waals surface area contributed by atoms with E-state index in [-0.39, 0.29) is 23.8 Å². The van der Waals surface area contributed by atoms with Gasteiger partial charge in [0.25, 0.3) is 5.89 Å². The van der Waals surface area contributed by atoms with Crippen LogP contribution < -0.4 is 4.74 Å². The second-order valence-corrected chi connectivity index (χ2v) is 5.40. The maximum atomic E-state index is 14.3. The molecule has 4 rings (SSSR count). The van der Waals surface area contributed by atoms with Crippen LogP contribution in [-0.4, -0.2) is 25.1 Å². The molecule has 0 spiro atoms. The van der Waals surface area contributed by atoms with Crippen LogP contribution >= 0.6 is 0 Å². The van der Waals surface area contributed by atoms with Gasteiger partial charge in [-0.1, -0.05) is 6.07 Å². The maximum Gasteiger partial charge on any atom is 0.314 e. The molecule has 0 bridgehead atoms. The number of hydrogen-bond donors (Lipinski definition) is 0. The molecule has 0 amide bonds. The van der Waals surface area contributed by atoms with E-state index in [1.54, 1.807) is 24.4 Å². The van der Waals surface area contributed by atoms with Crippen LogP contribution in [0.5, 0.6) is 5.75 Å². The summed E-state index contributed by atoms with van der Waals surface area (Å²) in [5.41, 5.74) is 0.813. The molecule has 0 N–H and O–H groups in total. The summed E-state index contributed by atoms with van der Waals surface area (Å²) in [6, 6.07) is 6.34. The molecule has 0 unspecified atom stereocenters. The minimum Gasteiger partial charge on any atom is -0.486 e. The zero-order valence-electron chi connectivity index (χ0n) is 13.5. The molecule has 7 nitrogen and oxygen atoms in total. The van der Waals surface area contributed by atoms with Gasteiger partial charge in [-0.3, -0.25) is 4.98 Å². The standard InChI is InChI=1S/C17H10F3N5O2/c18-11-4-9(16-24-25-17(27-16)15(19)20)5-22-13(11)7-26-14-3-1-2-12-10(14)6-21-8-23-12/h1-6,8,15H,7H2. The lowest BCUT2D eigenvalue weighted by Gasteiger charge is -2.09. The Kier molecular flexibility index (Phi) is 4.37. The van der Waals surface area contributed by atoms with Crippen LogP contribution in [0.1, 0.15) is 18.0 Å². The third-order valence-corrected chi connectivity index (χ3v) is 3.67. The van der Waals surface area contributed by atoms with E-state index in [4.69, 9.17) is 9.15 Å². The number of alkyl halides is 2. The Bertz CT molecular complexity index is 1100. The van der Waals surface area contributed by atoms with E-state index in [2.05, 4.69) is 25.1 Å². The minimum atomic E-state index is -2.90. The highest BCUT2D eigenvalue weighted by Gasteiger charge is 2.18. The lowest BCUT2D eigenvalue weighted by molar-refractivity contribution is 0.116. The summed E-state index contributed by atoms with van der Waals surface area (Å²) in [4.78, 5) is 12.0. The summed E-state index contributed by atoms with van der Waals surface area (Å²) in [5, 5.41) is 7.34. The molecule has 0 radical (unpaired) electrons. The van der Waals surface area contributed by atoms with Crippen molar-refractivity contribution in [2.45, 2.75) is 13.0 Å². The number of nitrogens with zero attached hydrogens (tertiary/aromatic N) is 5. The molecule has 0 fully saturated rings. The van der Waals surface area contributed by atoms with Crippen molar-refractivity contribution in [1.82, 2.24) is 25.1 Å². The minimum absolute atomic E-state index is 0.0289. The van der Waals surface area contributed by atoms with Gasteiger partial charge in [-0.05, 0) is 18.2 Å². The Hall–Kier alpha value is -3.56. The van der Waals surface area contributed by atoms with Crippen molar-refractivity contribution in [2.75, 3.05) is 0 Å². The zero-order valence-corrected chi connectivity index (χ0v) is 13.5. The molecule has 136 valence electrons. The highest BCUT2D eigenvalue weighted by molar-refractivity contribution is 5.83. The molecular weight excluding hydrogens is 363 g/mol. The first-order valence-corrected chi connectivity index (χ1v) is 7.69. The molecule has 10 heteroatoms. The summed E-state index contributed by atoms with van der Waals surface area (Å²) in [6.07, 6.45) is 1.36. The Balaban J connectivity index is 1.54. The number of rotatable bonds is 5. The number of ether oxygens (including phenoxy) is 1. The van der Waals surface area contributed by atoms with E-state index in [0.29, 0.717) is 16.7 Å². The first-order valence-electron chi connectivity index (χ1n) is 7.69. The lowest BCUT2D eigenvalue weighted by atomic mass is 10.2. The van der Waals surface area contributed by atoms with Crippen LogP contribution in [0.15, 0.2) is 47.4 Å². The van der Waals surface area contributed by atoms with Crippen molar-refractivity contribution in [3.05, 3.63) is 60.4 Å². The molecule has 4 aromatic rings. The van der Waals surface area contributed by atoms with Gasteiger partial charge in [-0.25, -0.2) is 14.4 Å². The van der Waals surface area contributed by atoms with E-state index in [1.807, 2.05) is 0 Å². The van der Waals surface area contributed by atoms with Gasteiger partial charge in [0.15, 0.2) is 0 Å². The third kappa shape index (κ3) is 3.41. The monoisotopic (exact) mass is 373 g/mol. The van der Waals surface area contributed by atoms with Crippen LogP contribution in [0, 0.1) is 5.82 Å². The Morgan fingerprint density at radius 2 is 2.00 bits per heavy atom.